The molecule has 1 aliphatic rings. The molecule has 1 amide bonds. The third-order valence-electron chi connectivity index (χ3n) is 7.19. The molecule has 39 heavy (non-hydrogen) atoms. The van der Waals surface area contributed by atoms with Crippen molar-refractivity contribution in [2.24, 2.45) is 5.92 Å². The smallest absolute Gasteiger partial charge is 0.306 e. The van der Waals surface area contributed by atoms with Crippen molar-refractivity contribution < 1.29 is 23.1 Å². The van der Waals surface area contributed by atoms with Gasteiger partial charge in [-0.3, -0.25) is 14.0 Å². The minimum Gasteiger partial charge on any atom is -0.466 e. The van der Waals surface area contributed by atoms with Crippen molar-refractivity contribution in [1.82, 2.24) is 14.7 Å². The van der Waals surface area contributed by atoms with Gasteiger partial charge in [-0.1, -0.05) is 47.2 Å². The van der Waals surface area contributed by atoms with Gasteiger partial charge >= 0.3 is 5.97 Å². The molecular formula is C29H28ClF2N3O3S. The van der Waals surface area contributed by atoms with Crippen LogP contribution in [0.3, 0.4) is 0 Å². The van der Waals surface area contributed by atoms with E-state index < -0.39 is 17.5 Å². The summed E-state index contributed by atoms with van der Waals surface area (Å²) in [4.78, 5) is 30.4. The van der Waals surface area contributed by atoms with Crippen LogP contribution >= 0.6 is 22.9 Å². The number of hydrogen-bond acceptors (Lipinski definition) is 5. The van der Waals surface area contributed by atoms with E-state index in [9.17, 15) is 18.4 Å². The molecule has 1 fully saturated rings. The van der Waals surface area contributed by atoms with E-state index in [2.05, 4.69) is 34.6 Å². The lowest BCUT2D eigenvalue weighted by molar-refractivity contribution is -0.144. The number of fused-ring (bicyclic) bond motifs is 1. The Morgan fingerprint density at radius 2 is 1.79 bits per heavy atom. The lowest BCUT2D eigenvalue weighted by Crippen LogP contribution is -2.24. The fraction of sp³-hybridized carbons (Fsp3) is 0.345. The fourth-order valence-corrected chi connectivity index (χ4v) is 6.28. The molecule has 204 valence electrons. The van der Waals surface area contributed by atoms with Crippen LogP contribution < -0.4 is 5.32 Å². The first-order valence-electron chi connectivity index (χ1n) is 13.0. The van der Waals surface area contributed by atoms with Gasteiger partial charge in [-0.2, -0.15) is 0 Å². The number of hydrogen-bond donors (Lipinski definition) is 1. The third kappa shape index (κ3) is 6.31. The van der Waals surface area contributed by atoms with Gasteiger partial charge in [0.05, 0.1) is 11.5 Å². The van der Waals surface area contributed by atoms with Crippen LogP contribution in [0.4, 0.5) is 8.78 Å². The van der Waals surface area contributed by atoms with Crippen LogP contribution in [0.5, 0.6) is 0 Å². The quantitative estimate of drug-likeness (QED) is 0.228. The van der Waals surface area contributed by atoms with Crippen molar-refractivity contribution in [3.8, 4) is 10.4 Å². The van der Waals surface area contributed by atoms with Gasteiger partial charge in [0, 0.05) is 35.9 Å². The molecule has 2 aromatic carbocycles. The average Bonchev–Trinajstić information content (AvgIpc) is 3.49. The predicted octanol–water partition coefficient (Wildman–Crippen LogP) is 7.15. The second-order valence-corrected chi connectivity index (χ2v) is 11.2. The lowest BCUT2D eigenvalue weighted by Gasteiger charge is -2.28. The van der Waals surface area contributed by atoms with Crippen LogP contribution in [0.2, 0.25) is 5.02 Å². The molecule has 0 spiro atoms. The molecule has 4 aromatic rings. The number of benzene rings is 2. The zero-order chi connectivity index (χ0) is 27.5. The Hall–Kier alpha value is -3.30. The van der Waals surface area contributed by atoms with E-state index in [0.717, 1.165) is 48.3 Å². The maximum Gasteiger partial charge on any atom is 0.306 e. The summed E-state index contributed by atoms with van der Waals surface area (Å²) in [6.45, 7) is 1.95. The van der Waals surface area contributed by atoms with Crippen molar-refractivity contribution in [2.75, 3.05) is 6.61 Å². The number of nitrogens with one attached hydrogen (secondary N) is 1. The van der Waals surface area contributed by atoms with E-state index >= 15 is 0 Å². The van der Waals surface area contributed by atoms with Crippen LogP contribution in [0, 0.1) is 17.6 Å². The first kappa shape index (κ1) is 27.3. The van der Waals surface area contributed by atoms with Gasteiger partial charge in [0.25, 0.3) is 5.91 Å². The Bertz CT molecular complexity index is 1440. The Morgan fingerprint density at radius 1 is 1.10 bits per heavy atom. The summed E-state index contributed by atoms with van der Waals surface area (Å²) >= 11 is 7.10. The summed E-state index contributed by atoms with van der Waals surface area (Å²) in [5.41, 5.74) is 2.27. The van der Waals surface area contributed by atoms with E-state index in [4.69, 9.17) is 16.3 Å². The molecule has 0 aliphatic heterocycles. The van der Waals surface area contributed by atoms with E-state index in [-0.39, 0.29) is 28.8 Å². The number of halogens is 3. The molecule has 6 nitrogen and oxygen atoms in total. The van der Waals surface area contributed by atoms with Gasteiger partial charge in [0.15, 0.2) is 4.96 Å². The topological polar surface area (TPSA) is 72.7 Å². The Morgan fingerprint density at radius 3 is 2.44 bits per heavy atom. The second-order valence-electron chi connectivity index (χ2n) is 9.79. The summed E-state index contributed by atoms with van der Waals surface area (Å²) in [5, 5.41) is 2.47. The molecule has 1 saturated carbocycles. The maximum absolute atomic E-state index is 14.0. The Balaban J connectivity index is 1.19. The first-order valence-corrected chi connectivity index (χ1v) is 14.2. The highest BCUT2D eigenvalue weighted by Gasteiger charge is 2.24. The van der Waals surface area contributed by atoms with Crippen LogP contribution in [0.1, 0.15) is 66.6 Å². The average molecular weight is 572 g/mol. The van der Waals surface area contributed by atoms with Crippen LogP contribution in [-0.4, -0.2) is 27.9 Å². The number of aromatic nitrogens is 2. The summed E-state index contributed by atoms with van der Waals surface area (Å²) < 4.78 is 34.8. The van der Waals surface area contributed by atoms with Gasteiger partial charge in [-0.15, -0.1) is 0 Å². The number of ether oxygens (including phenoxy) is 1. The second kappa shape index (κ2) is 11.8. The summed E-state index contributed by atoms with van der Waals surface area (Å²) in [7, 11) is 0. The zero-order valence-electron chi connectivity index (χ0n) is 21.4. The number of imidazole rings is 1. The predicted molar refractivity (Wildman–Crippen MR) is 147 cm³/mol. The molecule has 2 aromatic heterocycles. The van der Waals surface area contributed by atoms with E-state index in [1.807, 2.05) is 13.1 Å². The van der Waals surface area contributed by atoms with Gasteiger partial charge in [-0.05, 0) is 67.7 Å². The monoisotopic (exact) mass is 571 g/mol. The van der Waals surface area contributed by atoms with Crippen LogP contribution in [0.15, 0.2) is 48.8 Å². The Labute approximate surface area is 234 Å². The molecule has 0 saturated heterocycles. The van der Waals surface area contributed by atoms with Crippen LogP contribution in [-0.2, 0) is 16.1 Å². The summed E-state index contributed by atoms with van der Waals surface area (Å²) in [6, 6.07) is 10.6. The maximum atomic E-state index is 14.0. The Kier molecular flexibility index (Phi) is 8.28. The molecule has 0 radical (unpaired) electrons. The molecule has 1 aliphatic carbocycles. The number of amides is 1. The fourth-order valence-electron chi connectivity index (χ4n) is 5.11. The molecule has 5 rings (SSSR count). The van der Waals surface area contributed by atoms with Gasteiger partial charge < -0.3 is 10.1 Å². The number of esters is 1. The number of carbonyl (C=O) groups excluding carboxylic acids is 2. The van der Waals surface area contributed by atoms with Gasteiger partial charge in [0.1, 0.15) is 17.3 Å². The molecule has 2 heterocycles. The molecule has 0 unspecified atom stereocenters. The lowest BCUT2D eigenvalue weighted by atomic mass is 9.77. The number of carbonyl (C=O) groups is 2. The van der Waals surface area contributed by atoms with Crippen LogP contribution in [0.25, 0.3) is 15.4 Å². The SMILES string of the molecule is CCOC(=O)C[C@H]1CC[C@H](c2ccc(-c3cn4cc(C(=O)NCc5c(F)cc(Cl)cc5F)nc4s3)cc2)CC1. The van der Waals surface area contributed by atoms with E-state index in [0.29, 0.717) is 29.8 Å². The molecule has 0 atom stereocenters. The van der Waals surface area contributed by atoms with E-state index in [1.54, 1.807) is 10.6 Å². The molecule has 1 N–H and O–H groups in total. The van der Waals surface area contributed by atoms with Crippen molar-refractivity contribution in [1.29, 1.82) is 0 Å². The van der Waals surface area contributed by atoms with Gasteiger partial charge in [0.2, 0.25) is 0 Å². The third-order valence-corrected chi connectivity index (χ3v) is 8.46. The largest absolute Gasteiger partial charge is 0.466 e. The van der Waals surface area contributed by atoms with Crippen molar-refractivity contribution in [2.45, 2.75) is 51.5 Å². The zero-order valence-corrected chi connectivity index (χ0v) is 23.0. The molecular weight excluding hydrogens is 544 g/mol. The molecule has 10 heteroatoms. The standard InChI is InChI=1S/C29H28ClF2N3O3S/c1-2-38-27(36)11-17-3-5-18(6-4-17)19-7-9-20(10-8-19)26-16-35-15-25(34-29(35)39-26)28(37)33-14-22-23(31)12-21(30)13-24(22)32/h7-10,12-13,15-18H,2-6,11,14H2,1H3,(H,33,37)/t17-,18-. The summed E-state index contributed by atoms with van der Waals surface area (Å²) in [5.74, 6) is -1.35. The highest BCUT2D eigenvalue weighted by atomic mass is 35.5. The van der Waals surface area contributed by atoms with Gasteiger partial charge in [-0.25, -0.2) is 13.8 Å². The number of rotatable bonds is 8. The normalized spacial score (nSPS) is 17.3. The van der Waals surface area contributed by atoms with Crippen molar-refractivity contribution in [3.05, 3.63) is 82.3 Å². The number of thiazole rings is 1. The minimum atomic E-state index is -0.816. The van der Waals surface area contributed by atoms with E-state index in [1.165, 1.54) is 16.9 Å². The highest BCUT2D eigenvalue weighted by molar-refractivity contribution is 7.20. The molecule has 0 bridgehead atoms. The number of nitrogens with zero attached hydrogens (tertiary/aromatic N) is 2. The van der Waals surface area contributed by atoms with Crippen molar-refractivity contribution in [3.63, 3.8) is 0 Å². The highest BCUT2D eigenvalue weighted by Crippen LogP contribution is 2.38. The summed E-state index contributed by atoms with van der Waals surface area (Å²) in [6.07, 6.45) is 8.24. The first-order chi connectivity index (χ1) is 18.8. The van der Waals surface area contributed by atoms with Crippen molar-refractivity contribution >= 4 is 39.8 Å². The minimum absolute atomic E-state index is 0.0465.